The number of anilines is 1. The molecule has 1 aromatic carbocycles. The van der Waals surface area contributed by atoms with Crippen LogP contribution < -0.4 is 5.32 Å². The van der Waals surface area contributed by atoms with Crippen molar-refractivity contribution in [3.63, 3.8) is 0 Å². The number of aromatic nitrogens is 5. The Morgan fingerprint density at radius 2 is 2.03 bits per heavy atom. The third kappa shape index (κ3) is 4.64. The van der Waals surface area contributed by atoms with Crippen molar-refractivity contribution in [3.05, 3.63) is 48.2 Å². The standard InChI is InChI=1S/C21H20N6O3S/c1-3-27-15-7-5-4-6-14(15)19-20(27)24-21(26-25-19)31-12-18(29)30-11-17(28)23-16-10-13(2)8-9-22-16/h4-10H,3,11-12H2,1-2H3,(H,22,23,28). The number of esters is 1. The lowest BCUT2D eigenvalue weighted by molar-refractivity contribution is -0.144. The van der Waals surface area contributed by atoms with Crippen LogP contribution in [0.1, 0.15) is 12.5 Å². The number of fused-ring (bicyclic) bond motifs is 3. The highest BCUT2D eigenvalue weighted by molar-refractivity contribution is 7.99. The van der Waals surface area contributed by atoms with Gasteiger partial charge in [0.1, 0.15) is 11.3 Å². The van der Waals surface area contributed by atoms with Crippen molar-refractivity contribution in [2.24, 2.45) is 0 Å². The van der Waals surface area contributed by atoms with Crippen LogP contribution >= 0.6 is 11.8 Å². The fraction of sp³-hybridized carbons (Fsp3) is 0.238. The van der Waals surface area contributed by atoms with Crippen molar-refractivity contribution in [1.29, 1.82) is 0 Å². The fourth-order valence-electron chi connectivity index (χ4n) is 3.17. The lowest BCUT2D eigenvalue weighted by Crippen LogP contribution is -2.22. The molecule has 1 amide bonds. The quantitative estimate of drug-likeness (QED) is 0.348. The topological polar surface area (TPSA) is 112 Å². The van der Waals surface area contributed by atoms with E-state index in [0.29, 0.717) is 11.0 Å². The van der Waals surface area contributed by atoms with E-state index in [1.165, 1.54) is 0 Å². The molecule has 0 unspecified atom stereocenters. The van der Waals surface area contributed by atoms with Gasteiger partial charge in [-0.1, -0.05) is 30.0 Å². The first-order valence-corrected chi connectivity index (χ1v) is 10.7. The van der Waals surface area contributed by atoms with Crippen molar-refractivity contribution in [2.45, 2.75) is 25.5 Å². The van der Waals surface area contributed by atoms with E-state index in [0.717, 1.165) is 45.9 Å². The largest absolute Gasteiger partial charge is 0.455 e. The number of carbonyl (C=O) groups is 2. The minimum atomic E-state index is -0.544. The molecule has 0 atom stereocenters. The summed E-state index contributed by atoms with van der Waals surface area (Å²) in [4.78, 5) is 32.6. The van der Waals surface area contributed by atoms with Crippen LogP contribution in [-0.2, 0) is 20.9 Å². The van der Waals surface area contributed by atoms with Gasteiger partial charge in [0.05, 0.1) is 11.3 Å². The van der Waals surface area contributed by atoms with Crippen LogP contribution in [0.5, 0.6) is 0 Å². The molecular weight excluding hydrogens is 416 g/mol. The Morgan fingerprint density at radius 1 is 1.19 bits per heavy atom. The van der Waals surface area contributed by atoms with Gasteiger partial charge in [-0.25, -0.2) is 9.97 Å². The first-order valence-electron chi connectivity index (χ1n) is 9.67. The molecule has 3 heterocycles. The van der Waals surface area contributed by atoms with Crippen LogP contribution in [0.4, 0.5) is 5.82 Å². The third-order valence-electron chi connectivity index (χ3n) is 4.54. The number of ether oxygens (including phenoxy) is 1. The molecule has 0 aliphatic rings. The smallest absolute Gasteiger partial charge is 0.316 e. The highest BCUT2D eigenvalue weighted by atomic mass is 32.2. The molecule has 0 radical (unpaired) electrons. The molecule has 158 valence electrons. The maximum absolute atomic E-state index is 12.0. The molecule has 0 saturated carbocycles. The van der Waals surface area contributed by atoms with Crippen LogP contribution in [0.25, 0.3) is 22.1 Å². The minimum Gasteiger partial charge on any atom is -0.455 e. The van der Waals surface area contributed by atoms with Gasteiger partial charge in [-0.05, 0) is 37.6 Å². The van der Waals surface area contributed by atoms with Gasteiger partial charge in [0.15, 0.2) is 12.3 Å². The Hall–Kier alpha value is -3.53. The van der Waals surface area contributed by atoms with E-state index in [9.17, 15) is 9.59 Å². The number of rotatable bonds is 7. The molecule has 31 heavy (non-hydrogen) atoms. The second-order valence-electron chi connectivity index (χ2n) is 6.74. The van der Waals surface area contributed by atoms with E-state index in [1.807, 2.05) is 44.2 Å². The molecule has 0 bridgehead atoms. The lowest BCUT2D eigenvalue weighted by Gasteiger charge is -2.06. The zero-order valence-electron chi connectivity index (χ0n) is 17.0. The first-order chi connectivity index (χ1) is 15.0. The van der Waals surface area contributed by atoms with Gasteiger partial charge in [0.25, 0.3) is 5.91 Å². The van der Waals surface area contributed by atoms with E-state index in [4.69, 9.17) is 4.74 Å². The molecule has 9 nitrogen and oxygen atoms in total. The molecule has 3 aromatic heterocycles. The van der Waals surface area contributed by atoms with Gasteiger partial charge in [-0.3, -0.25) is 9.59 Å². The number of hydrogen-bond acceptors (Lipinski definition) is 8. The number of amides is 1. The number of carbonyl (C=O) groups excluding carboxylic acids is 2. The highest BCUT2D eigenvalue weighted by Gasteiger charge is 2.15. The van der Waals surface area contributed by atoms with Gasteiger partial charge in [0, 0.05) is 18.1 Å². The van der Waals surface area contributed by atoms with Crippen LogP contribution in [0.15, 0.2) is 47.8 Å². The Bertz CT molecular complexity index is 1270. The van der Waals surface area contributed by atoms with Crippen molar-refractivity contribution in [2.75, 3.05) is 17.7 Å². The second kappa shape index (κ2) is 9.09. The monoisotopic (exact) mass is 436 g/mol. The van der Waals surface area contributed by atoms with Crippen molar-refractivity contribution >= 4 is 51.5 Å². The number of nitrogens with zero attached hydrogens (tertiary/aromatic N) is 5. The summed E-state index contributed by atoms with van der Waals surface area (Å²) in [6.45, 7) is 4.27. The van der Waals surface area contributed by atoms with Crippen LogP contribution in [-0.4, -0.2) is 49.0 Å². The summed E-state index contributed by atoms with van der Waals surface area (Å²) in [5.74, 6) is -0.620. The normalized spacial score (nSPS) is 11.0. The Kier molecular flexibility index (Phi) is 6.08. The molecule has 0 fully saturated rings. The van der Waals surface area contributed by atoms with Gasteiger partial charge in [-0.15, -0.1) is 10.2 Å². The summed E-state index contributed by atoms with van der Waals surface area (Å²) in [7, 11) is 0. The molecule has 4 rings (SSSR count). The van der Waals surface area contributed by atoms with E-state index >= 15 is 0 Å². The zero-order valence-corrected chi connectivity index (χ0v) is 17.8. The minimum absolute atomic E-state index is 0.0322. The Labute approximate surface area is 182 Å². The van der Waals surface area contributed by atoms with Crippen LogP contribution in [0.2, 0.25) is 0 Å². The molecule has 10 heteroatoms. The Morgan fingerprint density at radius 3 is 2.84 bits per heavy atom. The second-order valence-corrected chi connectivity index (χ2v) is 7.69. The average molecular weight is 436 g/mol. The zero-order chi connectivity index (χ0) is 21.8. The summed E-state index contributed by atoms with van der Waals surface area (Å²) in [5.41, 5.74) is 3.45. The maximum Gasteiger partial charge on any atom is 0.316 e. The number of para-hydroxylation sites is 1. The predicted molar refractivity (Wildman–Crippen MR) is 118 cm³/mol. The third-order valence-corrected chi connectivity index (χ3v) is 5.35. The molecule has 0 spiro atoms. The van der Waals surface area contributed by atoms with Crippen molar-refractivity contribution in [3.8, 4) is 0 Å². The van der Waals surface area contributed by atoms with E-state index in [2.05, 4.69) is 30.0 Å². The highest BCUT2D eigenvalue weighted by Crippen LogP contribution is 2.26. The van der Waals surface area contributed by atoms with Crippen LogP contribution in [0.3, 0.4) is 0 Å². The van der Waals surface area contributed by atoms with E-state index in [-0.39, 0.29) is 5.75 Å². The summed E-state index contributed by atoms with van der Waals surface area (Å²) >= 11 is 1.11. The van der Waals surface area contributed by atoms with E-state index < -0.39 is 18.5 Å². The molecule has 1 N–H and O–H groups in total. The summed E-state index contributed by atoms with van der Waals surface area (Å²) in [5, 5.41) is 12.4. The number of nitrogens with one attached hydrogen (secondary N) is 1. The number of hydrogen-bond donors (Lipinski definition) is 1. The lowest BCUT2D eigenvalue weighted by atomic mass is 10.2. The van der Waals surface area contributed by atoms with Crippen molar-refractivity contribution in [1.82, 2.24) is 24.7 Å². The number of thioether (sulfide) groups is 1. The SMILES string of the molecule is CCn1c2ccccc2c2nnc(SCC(=O)OCC(=O)Nc3cc(C)ccn3)nc21. The van der Waals surface area contributed by atoms with E-state index in [1.54, 1.807) is 12.3 Å². The Balaban J connectivity index is 1.36. The molecule has 4 aromatic rings. The number of aryl methyl sites for hydroxylation is 2. The summed E-state index contributed by atoms with van der Waals surface area (Å²) in [6, 6.07) is 11.5. The average Bonchev–Trinajstić information content (AvgIpc) is 3.09. The molecule has 0 aliphatic heterocycles. The fourth-order valence-corrected chi connectivity index (χ4v) is 3.75. The number of benzene rings is 1. The van der Waals surface area contributed by atoms with Crippen molar-refractivity contribution < 1.29 is 14.3 Å². The summed E-state index contributed by atoms with van der Waals surface area (Å²) < 4.78 is 7.09. The predicted octanol–water partition coefficient (Wildman–Crippen LogP) is 2.98. The molecule has 0 saturated heterocycles. The van der Waals surface area contributed by atoms with Gasteiger partial charge < -0.3 is 14.6 Å². The molecular formula is C21H20N6O3S. The number of pyridine rings is 1. The summed E-state index contributed by atoms with van der Waals surface area (Å²) in [6.07, 6.45) is 1.59. The first kappa shape index (κ1) is 20.7. The maximum atomic E-state index is 12.0. The van der Waals surface area contributed by atoms with Gasteiger partial charge in [0.2, 0.25) is 5.16 Å². The van der Waals surface area contributed by atoms with Gasteiger partial charge in [-0.2, -0.15) is 0 Å². The molecule has 0 aliphatic carbocycles. The van der Waals surface area contributed by atoms with Gasteiger partial charge >= 0.3 is 5.97 Å². The van der Waals surface area contributed by atoms with Crippen LogP contribution in [0, 0.1) is 6.92 Å².